The Morgan fingerprint density at radius 1 is 0.977 bits per heavy atom. The van der Waals surface area contributed by atoms with Gasteiger partial charge in [0.1, 0.15) is 11.9 Å². The van der Waals surface area contributed by atoms with E-state index in [2.05, 4.69) is 22.3 Å². The van der Waals surface area contributed by atoms with Crippen molar-refractivity contribution in [2.24, 2.45) is 9.98 Å². The number of carbonyl (C=O) groups excluding carboxylic acids is 3. The normalized spacial score (nSPS) is 18.3. The number of hydrogen-bond donors (Lipinski definition) is 1. The van der Waals surface area contributed by atoms with Crippen LogP contribution >= 0.6 is 11.8 Å². The van der Waals surface area contributed by atoms with Gasteiger partial charge in [0.15, 0.2) is 5.17 Å². The van der Waals surface area contributed by atoms with Crippen LogP contribution in [0.1, 0.15) is 37.3 Å². The van der Waals surface area contributed by atoms with Crippen molar-refractivity contribution >= 4 is 57.5 Å². The second-order valence-corrected chi connectivity index (χ2v) is 12.3. The summed E-state index contributed by atoms with van der Waals surface area (Å²) in [6, 6.07) is 24.8. The molecule has 3 aliphatic heterocycles. The van der Waals surface area contributed by atoms with Crippen LogP contribution in [0, 0.1) is 6.92 Å². The van der Waals surface area contributed by atoms with E-state index >= 15 is 0 Å². The van der Waals surface area contributed by atoms with Gasteiger partial charge >= 0.3 is 0 Å². The third kappa shape index (κ3) is 6.26. The van der Waals surface area contributed by atoms with E-state index in [1.165, 1.54) is 11.8 Å². The van der Waals surface area contributed by atoms with Gasteiger partial charge in [0, 0.05) is 49.5 Å². The van der Waals surface area contributed by atoms with E-state index in [0.29, 0.717) is 42.6 Å². The van der Waals surface area contributed by atoms with E-state index in [4.69, 9.17) is 9.98 Å². The van der Waals surface area contributed by atoms with Crippen molar-refractivity contribution in [3.8, 4) is 0 Å². The molecule has 3 aromatic carbocycles. The Labute approximate surface area is 262 Å². The van der Waals surface area contributed by atoms with Gasteiger partial charge in [0.05, 0.1) is 10.9 Å². The zero-order valence-corrected chi connectivity index (χ0v) is 25.8. The number of amidine groups is 2. The Kier molecular flexibility index (Phi) is 8.79. The number of thioether (sulfide) groups is 1. The third-order valence-corrected chi connectivity index (χ3v) is 9.45. The number of rotatable bonds is 8. The standard InChI is InChI=1S/C34H36N6O3S/c1-3-29(32(42)35-24-11-9-10-23(2)22-24)44-34-37-27-15-8-7-14-26(27)31-36-28(33(43)40(31)34)16-17-30(41)39-20-18-38(19-21-39)25-12-5-4-6-13-25/h4-15,22,28-29H,3,16-21H2,1-2H3,(H,35,42). The SMILES string of the molecule is CCC(SC1=Nc2ccccc2C2=NC(CCC(=O)N3CCN(c4ccccc4)CC3)C(=O)N12)C(=O)Nc1cccc(C)c1. The van der Waals surface area contributed by atoms with Crippen molar-refractivity contribution in [1.29, 1.82) is 0 Å². The van der Waals surface area contributed by atoms with Crippen molar-refractivity contribution in [3.05, 3.63) is 90.0 Å². The Morgan fingerprint density at radius 3 is 2.48 bits per heavy atom. The molecule has 0 aliphatic carbocycles. The highest BCUT2D eigenvalue weighted by Gasteiger charge is 2.42. The molecule has 3 heterocycles. The summed E-state index contributed by atoms with van der Waals surface area (Å²) in [7, 11) is 0. The maximum absolute atomic E-state index is 13.8. The molecule has 226 valence electrons. The van der Waals surface area contributed by atoms with E-state index < -0.39 is 11.3 Å². The molecule has 2 unspecified atom stereocenters. The van der Waals surface area contributed by atoms with Gasteiger partial charge in [-0.3, -0.25) is 19.4 Å². The summed E-state index contributed by atoms with van der Waals surface area (Å²) in [4.78, 5) is 55.6. The number of carbonyl (C=O) groups is 3. The molecule has 9 nitrogen and oxygen atoms in total. The van der Waals surface area contributed by atoms with E-state index in [1.54, 1.807) is 4.90 Å². The molecule has 1 N–H and O–H groups in total. The number of anilines is 2. The van der Waals surface area contributed by atoms with E-state index in [0.717, 1.165) is 35.6 Å². The summed E-state index contributed by atoms with van der Waals surface area (Å²) in [6.07, 6.45) is 1.11. The second-order valence-electron chi connectivity index (χ2n) is 11.2. The lowest BCUT2D eigenvalue weighted by Crippen LogP contribution is -2.49. The molecule has 0 aromatic heterocycles. The van der Waals surface area contributed by atoms with Crippen LogP contribution < -0.4 is 10.2 Å². The van der Waals surface area contributed by atoms with Gasteiger partial charge < -0.3 is 15.1 Å². The van der Waals surface area contributed by atoms with Crippen molar-refractivity contribution < 1.29 is 14.4 Å². The predicted octanol–water partition coefficient (Wildman–Crippen LogP) is 5.23. The number of amides is 3. The van der Waals surface area contributed by atoms with Crippen LogP contribution in [-0.2, 0) is 14.4 Å². The van der Waals surface area contributed by atoms with Crippen LogP contribution in [0.2, 0.25) is 0 Å². The molecule has 6 rings (SSSR count). The minimum Gasteiger partial charge on any atom is -0.368 e. The molecule has 3 aromatic rings. The number of aliphatic imine (C=N–C) groups is 2. The molecule has 1 saturated heterocycles. The van der Waals surface area contributed by atoms with Crippen molar-refractivity contribution in [1.82, 2.24) is 9.80 Å². The Bertz CT molecular complexity index is 1620. The summed E-state index contributed by atoms with van der Waals surface area (Å²) in [5.41, 5.74) is 4.43. The molecule has 2 atom stereocenters. The smallest absolute Gasteiger partial charge is 0.259 e. The monoisotopic (exact) mass is 608 g/mol. The molecule has 0 spiro atoms. The first-order valence-electron chi connectivity index (χ1n) is 15.1. The minimum atomic E-state index is -0.683. The largest absolute Gasteiger partial charge is 0.368 e. The maximum atomic E-state index is 13.8. The lowest BCUT2D eigenvalue weighted by atomic mass is 10.1. The first kappa shape index (κ1) is 29.6. The van der Waals surface area contributed by atoms with Crippen LogP contribution in [0.25, 0.3) is 0 Å². The quantitative estimate of drug-likeness (QED) is 0.378. The van der Waals surface area contributed by atoms with Crippen LogP contribution in [0.3, 0.4) is 0 Å². The summed E-state index contributed by atoms with van der Waals surface area (Å²) >= 11 is 1.27. The minimum absolute atomic E-state index is 0.0399. The molecule has 0 bridgehead atoms. The molecule has 1 fully saturated rings. The first-order valence-corrected chi connectivity index (χ1v) is 16.0. The summed E-state index contributed by atoms with van der Waals surface area (Å²) < 4.78 is 0. The van der Waals surface area contributed by atoms with E-state index in [9.17, 15) is 14.4 Å². The molecule has 10 heteroatoms. The predicted molar refractivity (Wildman–Crippen MR) is 177 cm³/mol. The van der Waals surface area contributed by atoms with Crippen molar-refractivity contribution in [2.75, 3.05) is 36.4 Å². The molecule has 3 amide bonds. The second kappa shape index (κ2) is 13.1. The number of fused-ring (bicyclic) bond motifs is 3. The van der Waals surface area contributed by atoms with Crippen LogP contribution in [-0.4, -0.2) is 76.0 Å². The highest BCUT2D eigenvalue weighted by molar-refractivity contribution is 8.15. The number of hydrogen-bond acceptors (Lipinski definition) is 7. The third-order valence-electron chi connectivity index (χ3n) is 8.13. The van der Waals surface area contributed by atoms with Crippen LogP contribution in [0.5, 0.6) is 0 Å². The van der Waals surface area contributed by atoms with E-state index in [-0.39, 0.29) is 24.1 Å². The van der Waals surface area contributed by atoms with Crippen molar-refractivity contribution in [3.63, 3.8) is 0 Å². The van der Waals surface area contributed by atoms with Crippen LogP contribution in [0.4, 0.5) is 17.1 Å². The first-order chi connectivity index (χ1) is 21.4. The van der Waals surface area contributed by atoms with Gasteiger partial charge in [-0.05, 0) is 61.7 Å². The maximum Gasteiger partial charge on any atom is 0.259 e. The number of para-hydroxylation sites is 2. The molecular formula is C34H36N6O3S. The van der Waals surface area contributed by atoms with Gasteiger partial charge in [-0.15, -0.1) is 0 Å². The fourth-order valence-corrected chi connectivity index (χ4v) is 6.76. The molecule has 0 radical (unpaired) electrons. The average molecular weight is 609 g/mol. The lowest BCUT2D eigenvalue weighted by molar-refractivity contribution is -0.132. The number of nitrogens with zero attached hydrogens (tertiary/aromatic N) is 5. The van der Waals surface area contributed by atoms with Gasteiger partial charge in [0.25, 0.3) is 5.91 Å². The Balaban J connectivity index is 1.12. The fraction of sp³-hybridized carbons (Fsp3) is 0.324. The summed E-state index contributed by atoms with van der Waals surface area (Å²) in [5.74, 6) is 0.213. The Hall–Kier alpha value is -4.44. The molecular weight excluding hydrogens is 572 g/mol. The topological polar surface area (TPSA) is 97.7 Å². The number of benzene rings is 3. The fourth-order valence-electron chi connectivity index (χ4n) is 5.74. The average Bonchev–Trinajstić information content (AvgIpc) is 3.39. The highest BCUT2D eigenvalue weighted by Crippen LogP contribution is 2.36. The molecule has 0 saturated carbocycles. The zero-order valence-electron chi connectivity index (χ0n) is 25.0. The van der Waals surface area contributed by atoms with Gasteiger partial charge in [0.2, 0.25) is 11.8 Å². The molecule has 3 aliphatic rings. The number of aryl methyl sites for hydroxylation is 1. The van der Waals surface area contributed by atoms with Gasteiger partial charge in [-0.25, -0.2) is 9.89 Å². The zero-order chi connectivity index (χ0) is 30.6. The summed E-state index contributed by atoms with van der Waals surface area (Å²) in [5, 5.41) is 2.97. The van der Waals surface area contributed by atoms with Crippen LogP contribution in [0.15, 0.2) is 88.8 Å². The highest BCUT2D eigenvalue weighted by atomic mass is 32.2. The van der Waals surface area contributed by atoms with Gasteiger partial charge in [-0.1, -0.05) is 61.2 Å². The van der Waals surface area contributed by atoms with Gasteiger partial charge in [-0.2, -0.15) is 0 Å². The Morgan fingerprint density at radius 2 is 1.73 bits per heavy atom. The summed E-state index contributed by atoms with van der Waals surface area (Å²) in [6.45, 7) is 6.77. The number of piperazine rings is 1. The van der Waals surface area contributed by atoms with E-state index in [1.807, 2.05) is 85.5 Å². The molecule has 44 heavy (non-hydrogen) atoms. The lowest BCUT2D eigenvalue weighted by Gasteiger charge is -2.36. The number of nitrogens with one attached hydrogen (secondary N) is 1. The van der Waals surface area contributed by atoms with Crippen molar-refractivity contribution in [2.45, 2.75) is 44.4 Å².